The molecule has 0 saturated carbocycles. The van der Waals surface area contributed by atoms with Crippen LogP contribution < -0.4 is 11.1 Å². The number of nitrogens with two attached hydrogens (primary N) is 1. The van der Waals surface area contributed by atoms with Crippen molar-refractivity contribution in [2.45, 2.75) is 38.8 Å². The number of hydrogen-bond donors (Lipinski definition) is 2. The molecule has 1 heterocycles. The van der Waals surface area contributed by atoms with Gasteiger partial charge in [-0.3, -0.25) is 4.99 Å². The molecule has 1 fully saturated rings. The van der Waals surface area contributed by atoms with E-state index >= 15 is 0 Å². The molecule has 0 aliphatic carbocycles. The maximum Gasteiger partial charge on any atom is 0.188 e. The van der Waals surface area contributed by atoms with E-state index in [1.165, 1.54) is 0 Å². The number of hydrogen-bond acceptors (Lipinski definition) is 2. The second kappa shape index (κ2) is 6.53. The smallest absolute Gasteiger partial charge is 0.188 e. The maximum atomic E-state index is 5.79. The highest BCUT2D eigenvalue weighted by Crippen LogP contribution is 2.21. The van der Waals surface area contributed by atoms with Crippen molar-refractivity contribution in [2.24, 2.45) is 16.6 Å². The van der Waals surface area contributed by atoms with Crippen molar-refractivity contribution >= 4 is 5.96 Å². The lowest BCUT2D eigenvalue weighted by Gasteiger charge is -2.14. The zero-order valence-electron chi connectivity index (χ0n) is 10.3. The van der Waals surface area contributed by atoms with Gasteiger partial charge in [-0.25, -0.2) is 0 Å². The molecule has 0 amide bonds. The SMILES string of the molecule is C=C[C@@H]1OCC[C@H]1CN=C(N)NC(C)CC. The molecule has 0 bridgehead atoms. The number of nitrogens with one attached hydrogen (secondary N) is 1. The first-order chi connectivity index (χ1) is 7.67. The summed E-state index contributed by atoms with van der Waals surface area (Å²) in [6.45, 7) is 9.48. The van der Waals surface area contributed by atoms with Gasteiger partial charge >= 0.3 is 0 Å². The highest BCUT2D eigenvalue weighted by Gasteiger charge is 2.25. The molecule has 4 nitrogen and oxygen atoms in total. The second-order valence-electron chi connectivity index (χ2n) is 4.30. The van der Waals surface area contributed by atoms with Crippen molar-refractivity contribution in [2.75, 3.05) is 13.2 Å². The van der Waals surface area contributed by atoms with E-state index in [9.17, 15) is 0 Å². The summed E-state index contributed by atoms with van der Waals surface area (Å²) in [5.41, 5.74) is 5.79. The standard InChI is InChI=1S/C12H23N3O/c1-4-9(3)15-12(13)14-8-10-6-7-16-11(10)5-2/h5,9-11H,2,4,6-8H2,1,3H3,(H3,13,14,15)/t9?,10-,11-/m0/s1. The molecular formula is C12H23N3O. The first kappa shape index (κ1) is 13.0. The molecule has 4 heteroatoms. The van der Waals surface area contributed by atoms with Gasteiger partial charge in [0.25, 0.3) is 0 Å². The third-order valence-corrected chi connectivity index (χ3v) is 3.00. The van der Waals surface area contributed by atoms with Crippen LogP contribution >= 0.6 is 0 Å². The monoisotopic (exact) mass is 225 g/mol. The number of nitrogens with zero attached hydrogens (tertiary/aromatic N) is 1. The van der Waals surface area contributed by atoms with E-state index in [0.29, 0.717) is 24.5 Å². The van der Waals surface area contributed by atoms with Crippen LogP contribution in [-0.2, 0) is 4.74 Å². The van der Waals surface area contributed by atoms with E-state index in [0.717, 1.165) is 19.4 Å². The van der Waals surface area contributed by atoms with E-state index in [4.69, 9.17) is 10.5 Å². The zero-order chi connectivity index (χ0) is 12.0. The minimum atomic E-state index is 0.139. The fourth-order valence-electron chi connectivity index (χ4n) is 1.73. The molecule has 3 N–H and O–H groups in total. The third kappa shape index (κ3) is 3.85. The van der Waals surface area contributed by atoms with E-state index < -0.39 is 0 Å². The molecule has 0 aromatic heterocycles. The fraction of sp³-hybridized carbons (Fsp3) is 0.750. The van der Waals surface area contributed by atoms with E-state index in [1.807, 2.05) is 6.08 Å². The van der Waals surface area contributed by atoms with Crippen LogP contribution in [0.15, 0.2) is 17.6 Å². The first-order valence-corrected chi connectivity index (χ1v) is 5.98. The second-order valence-corrected chi connectivity index (χ2v) is 4.30. The minimum absolute atomic E-state index is 0.139. The maximum absolute atomic E-state index is 5.79. The van der Waals surface area contributed by atoms with Crippen LogP contribution in [0.5, 0.6) is 0 Å². The summed E-state index contributed by atoms with van der Waals surface area (Å²) in [7, 11) is 0. The zero-order valence-corrected chi connectivity index (χ0v) is 10.3. The molecule has 1 aliphatic heterocycles. The van der Waals surface area contributed by atoms with Crippen molar-refractivity contribution in [3.05, 3.63) is 12.7 Å². The van der Waals surface area contributed by atoms with Gasteiger partial charge in [0.15, 0.2) is 5.96 Å². The summed E-state index contributed by atoms with van der Waals surface area (Å²) in [6, 6.07) is 0.374. The molecular weight excluding hydrogens is 202 g/mol. The van der Waals surface area contributed by atoms with Crippen LogP contribution in [0.2, 0.25) is 0 Å². The highest BCUT2D eigenvalue weighted by molar-refractivity contribution is 5.78. The summed E-state index contributed by atoms with van der Waals surface area (Å²) in [5, 5.41) is 3.15. The van der Waals surface area contributed by atoms with Crippen LogP contribution in [0.1, 0.15) is 26.7 Å². The molecule has 1 rings (SSSR count). The van der Waals surface area contributed by atoms with Crippen molar-refractivity contribution < 1.29 is 4.74 Å². The largest absolute Gasteiger partial charge is 0.374 e. The molecule has 1 saturated heterocycles. The average molecular weight is 225 g/mol. The fourth-order valence-corrected chi connectivity index (χ4v) is 1.73. The van der Waals surface area contributed by atoms with Gasteiger partial charge < -0.3 is 15.8 Å². The summed E-state index contributed by atoms with van der Waals surface area (Å²) in [4.78, 5) is 4.35. The topological polar surface area (TPSA) is 59.6 Å². The Morgan fingerprint density at radius 3 is 3.12 bits per heavy atom. The van der Waals surface area contributed by atoms with Gasteiger partial charge in [-0.15, -0.1) is 6.58 Å². The first-order valence-electron chi connectivity index (χ1n) is 5.98. The lowest BCUT2D eigenvalue weighted by atomic mass is 10.0. The summed E-state index contributed by atoms with van der Waals surface area (Å²) in [6.07, 6.45) is 4.07. The molecule has 0 radical (unpaired) electrons. The predicted octanol–water partition coefficient (Wildman–Crippen LogP) is 1.28. The van der Waals surface area contributed by atoms with Gasteiger partial charge in [0.2, 0.25) is 0 Å². The molecule has 16 heavy (non-hydrogen) atoms. The van der Waals surface area contributed by atoms with E-state index in [-0.39, 0.29) is 6.10 Å². The van der Waals surface area contributed by atoms with E-state index in [2.05, 4.69) is 30.7 Å². The molecule has 1 aliphatic rings. The van der Waals surface area contributed by atoms with Crippen LogP contribution in [0, 0.1) is 5.92 Å². The Balaban J connectivity index is 2.36. The van der Waals surface area contributed by atoms with Gasteiger partial charge in [0.1, 0.15) is 0 Å². The number of aliphatic imine (C=N–C) groups is 1. The van der Waals surface area contributed by atoms with Gasteiger partial charge in [-0.05, 0) is 19.8 Å². The normalized spacial score (nSPS) is 27.8. The number of ether oxygens (including phenoxy) is 1. The molecule has 1 unspecified atom stereocenters. The van der Waals surface area contributed by atoms with Gasteiger partial charge in [0.05, 0.1) is 6.10 Å². The summed E-state index contributed by atoms with van der Waals surface area (Å²) in [5.74, 6) is 0.957. The van der Waals surface area contributed by atoms with Crippen LogP contribution in [0.3, 0.4) is 0 Å². The molecule has 92 valence electrons. The summed E-state index contributed by atoms with van der Waals surface area (Å²) >= 11 is 0. The third-order valence-electron chi connectivity index (χ3n) is 3.00. The number of guanidine groups is 1. The Morgan fingerprint density at radius 1 is 1.75 bits per heavy atom. The van der Waals surface area contributed by atoms with Crippen LogP contribution in [0.4, 0.5) is 0 Å². The molecule has 0 aromatic rings. The Hall–Kier alpha value is -1.03. The van der Waals surface area contributed by atoms with Crippen molar-refractivity contribution in [3.63, 3.8) is 0 Å². The average Bonchev–Trinajstić information content (AvgIpc) is 2.73. The lowest BCUT2D eigenvalue weighted by molar-refractivity contribution is 0.129. The lowest BCUT2D eigenvalue weighted by Crippen LogP contribution is -2.38. The Kier molecular flexibility index (Phi) is 5.32. The quantitative estimate of drug-likeness (QED) is 0.421. The Bertz CT molecular complexity index is 253. The Morgan fingerprint density at radius 2 is 2.50 bits per heavy atom. The predicted molar refractivity (Wildman–Crippen MR) is 67.4 cm³/mol. The van der Waals surface area contributed by atoms with Gasteiger partial charge in [0, 0.05) is 25.1 Å². The molecule has 0 aromatic carbocycles. The number of rotatable bonds is 5. The molecule has 0 spiro atoms. The highest BCUT2D eigenvalue weighted by atomic mass is 16.5. The van der Waals surface area contributed by atoms with E-state index in [1.54, 1.807) is 0 Å². The van der Waals surface area contributed by atoms with Crippen molar-refractivity contribution in [3.8, 4) is 0 Å². The Labute approximate surface area is 98.0 Å². The molecule has 3 atom stereocenters. The van der Waals surface area contributed by atoms with Crippen molar-refractivity contribution in [1.82, 2.24) is 5.32 Å². The van der Waals surface area contributed by atoms with Crippen molar-refractivity contribution in [1.29, 1.82) is 0 Å². The van der Waals surface area contributed by atoms with Gasteiger partial charge in [-0.1, -0.05) is 13.0 Å². The minimum Gasteiger partial charge on any atom is -0.374 e. The van der Waals surface area contributed by atoms with Gasteiger partial charge in [-0.2, -0.15) is 0 Å². The summed E-state index contributed by atoms with van der Waals surface area (Å²) < 4.78 is 5.50. The van der Waals surface area contributed by atoms with Crippen LogP contribution in [0.25, 0.3) is 0 Å². The van der Waals surface area contributed by atoms with Crippen LogP contribution in [-0.4, -0.2) is 31.3 Å².